The van der Waals surface area contributed by atoms with E-state index < -0.39 is 0 Å². The molecule has 1 N–H and O–H groups in total. The van der Waals surface area contributed by atoms with Gasteiger partial charge in [-0.1, -0.05) is 15.9 Å². The van der Waals surface area contributed by atoms with E-state index in [0.29, 0.717) is 11.3 Å². The van der Waals surface area contributed by atoms with Crippen molar-refractivity contribution in [3.63, 3.8) is 0 Å². The fraction of sp³-hybridized carbons (Fsp3) is 0.231. The van der Waals surface area contributed by atoms with Crippen molar-refractivity contribution < 1.29 is 9.53 Å². The van der Waals surface area contributed by atoms with Crippen LogP contribution in [0.25, 0.3) is 0 Å². The Labute approximate surface area is 124 Å². The van der Waals surface area contributed by atoms with E-state index in [0.717, 1.165) is 20.9 Å². The second kappa shape index (κ2) is 5.71. The van der Waals surface area contributed by atoms with Crippen LogP contribution in [-0.2, 0) is 0 Å². The third kappa shape index (κ3) is 2.96. The van der Waals surface area contributed by atoms with Crippen molar-refractivity contribution in [2.45, 2.75) is 13.8 Å². The van der Waals surface area contributed by atoms with Gasteiger partial charge in [-0.25, -0.2) is 0 Å². The fourth-order valence-corrected chi connectivity index (χ4v) is 2.99. The number of aromatic nitrogens is 1. The summed E-state index contributed by atoms with van der Waals surface area (Å²) >= 11 is 4.69. The molecule has 1 aromatic heterocycles. The maximum atomic E-state index is 11.6. The largest absolute Gasteiger partial charge is 0.495 e. The number of nitrogens with zero attached hydrogens (tertiary/aromatic N) is 1. The summed E-state index contributed by atoms with van der Waals surface area (Å²) in [4.78, 5) is 11.6. The molecule has 6 heteroatoms. The van der Waals surface area contributed by atoms with Crippen LogP contribution in [0.1, 0.15) is 23.0 Å². The van der Waals surface area contributed by atoms with Crippen LogP contribution in [0.5, 0.6) is 5.75 Å². The summed E-state index contributed by atoms with van der Waals surface area (Å²) in [5, 5.41) is 3.95. The molecule has 100 valence electrons. The van der Waals surface area contributed by atoms with Gasteiger partial charge in [0.25, 0.3) is 0 Å². The zero-order chi connectivity index (χ0) is 14.0. The van der Waals surface area contributed by atoms with Crippen molar-refractivity contribution in [3.05, 3.63) is 33.9 Å². The quantitative estimate of drug-likeness (QED) is 0.848. The van der Waals surface area contributed by atoms with E-state index in [-0.39, 0.29) is 5.78 Å². The van der Waals surface area contributed by atoms with Gasteiger partial charge in [-0.2, -0.15) is 4.37 Å². The number of carbonyl (C=O) groups excluding carboxylic acids is 1. The summed E-state index contributed by atoms with van der Waals surface area (Å²) in [6.07, 6.45) is 0. The second-order valence-corrected chi connectivity index (χ2v) is 5.69. The number of ether oxygens (including phenoxy) is 1. The predicted octanol–water partition coefficient (Wildman–Crippen LogP) is 4.17. The molecule has 0 saturated carbocycles. The van der Waals surface area contributed by atoms with E-state index in [1.54, 1.807) is 14.0 Å². The lowest BCUT2D eigenvalue weighted by atomic mass is 10.2. The van der Waals surface area contributed by atoms with Crippen molar-refractivity contribution in [2.75, 3.05) is 12.4 Å². The van der Waals surface area contributed by atoms with Gasteiger partial charge in [0.05, 0.1) is 24.1 Å². The normalized spacial score (nSPS) is 10.3. The Balaban J connectivity index is 2.41. The fourth-order valence-electron chi connectivity index (χ4n) is 1.77. The van der Waals surface area contributed by atoms with Crippen molar-refractivity contribution in [1.82, 2.24) is 4.37 Å². The van der Waals surface area contributed by atoms with Crippen molar-refractivity contribution in [3.8, 4) is 5.75 Å². The van der Waals surface area contributed by atoms with E-state index in [9.17, 15) is 4.79 Å². The van der Waals surface area contributed by atoms with Gasteiger partial charge in [0.1, 0.15) is 10.8 Å². The van der Waals surface area contributed by atoms with Gasteiger partial charge in [0.15, 0.2) is 5.78 Å². The molecule has 0 aliphatic heterocycles. The highest BCUT2D eigenvalue weighted by atomic mass is 79.9. The lowest BCUT2D eigenvalue weighted by Gasteiger charge is -2.11. The average Bonchev–Trinajstić information content (AvgIpc) is 2.71. The van der Waals surface area contributed by atoms with Gasteiger partial charge >= 0.3 is 0 Å². The molecule has 0 atom stereocenters. The first kappa shape index (κ1) is 14.0. The standard InChI is InChI=1S/C13H13BrN2O2S/c1-7-12(8(2)17)13(19-16-7)15-10-6-9(14)4-5-11(10)18-3/h4-6,15H,1-3H3. The smallest absolute Gasteiger partial charge is 0.164 e. The molecular formula is C13H13BrN2O2S. The maximum Gasteiger partial charge on any atom is 0.164 e. The highest BCUT2D eigenvalue weighted by Gasteiger charge is 2.16. The molecule has 19 heavy (non-hydrogen) atoms. The molecule has 0 amide bonds. The van der Waals surface area contributed by atoms with Gasteiger partial charge in [-0.05, 0) is 43.6 Å². The van der Waals surface area contributed by atoms with Crippen LogP contribution in [0.3, 0.4) is 0 Å². The van der Waals surface area contributed by atoms with E-state index in [4.69, 9.17) is 4.74 Å². The van der Waals surface area contributed by atoms with Crippen molar-refractivity contribution >= 4 is 43.9 Å². The molecule has 0 unspecified atom stereocenters. The van der Waals surface area contributed by atoms with Crippen LogP contribution in [0.4, 0.5) is 10.7 Å². The van der Waals surface area contributed by atoms with Crippen LogP contribution < -0.4 is 10.1 Å². The Kier molecular flexibility index (Phi) is 4.21. The summed E-state index contributed by atoms with van der Waals surface area (Å²) in [5.41, 5.74) is 2.17. The van der Waals surface area contributed by atoms with E-state index in [1.807, 2.05) is 25.1 Å². The van der Waals surface area contributed by atoms with Crippen LogP contribution in [0.15, 0.2) is 22.7 Å². The summed E-state index contributed by atoms with van der Waals surface area (Å²) in [6.45, 7) is 3.37. The Bertz CT molecular complexity index is 625. The summed E-state index contributed by atoms with van der Waals surface area (Å²) in [7, 11) is 1.61. The zero-order valence-corrected chi connectivity index (χ0v) is 13.2. The third-order valence-electron chi connectivity index (χ3n) is 2.62. The highest BCUT2D eigenvalue weighted by Crippen LogP contribution is 2.34. The van der Waals surface area contributed by atoms with Gasteiger partial charge in [-0.3, -0.25) is 4.79 Å². The number of Topliss-reactive ketones (excluding diaryl/α,β-unsaturated/α-hetero) is 1. The summed E-state index contributed by atoms with van der Waals surface area (Å²) < 4.78 is 10.4. The summed E-state index contributed by atoms with van der Waals surface area (Å²) in [6, 6.07) is 5.65. The first-order chi connectivity index (χ1) is 9.02. The monoisotopic (exact) mass is 340 g/mol. The number of carbonyl (C=O) groups is 1. The lowest BCUT2D eigenvalue weighted by Crippen LogP contribution is -2.00. The van der Waals surface area contributed by atoms with Crippen LogP contribution in [-0.4, -0.2) is 17.3 Å². The first-order valence-electron chi connectivity index (χ1n) is 5.60. The number of ketones is 1. The van der Waals surface area contributed by atoms with Crippen molar-refractivity contribution in [1.29, 1.82) is 0 Å². The van der Waals surface area contributed by atoms with Gasteiger partial charge in [0.2, 0.25) is 0 Å². The topological polar surface area (TPSA) is 51.2 Å². The molecule has 0 radical (unpaired) electrons. The third-order valence-corrected chi connectivity index (χ3v) is 3.97. The highest BCUT2D eigenvalue weighted by molar-refractivity contribution is 9.10. The van der Waals surface area contributed by atoms with E-state index in [2.05, 4.69) is 25.6 Å². The molecule has 0 aliphatic rings. The van der Waals surface area contributed by atoms with Crippen LogP contribution in [0, 0.1) is 6.92 Å². The Morgan fingerprint density at radius 2 is 2.21 bits per heavy atom. The average molecular weight is 341 g/mol. The molecule has 0 spiro atoms. The number of halogens is 1. The molecule has 0 saturated heterocycles. The van der Waals surface area contributed by atoms with Gasteiger partial charge < -0.3 is 10.1 Å². The Hall–Kier alpha value is -1.40. The molecule has 1 aromatic carbocycles. The van der Waals surface area contributed by atoms with Gasteiger partial charge in [0, 0.05) is 4.47 Å². The zero-order valence-electron chi connectivity index (χ0n) is 10.8. The number of anilines is 2. The number of hydrogen-bond donors (Lipinski definition) is 1. The maximum absolute atomic E-state index is 11.6. The number of nitrogens with one attached hydrogen (secondary N) is 1. The molecule has 0 fully saturated rings. The molecular weight excluding hydrogens is 328 g/mol. The Morgan fingerprint density at radius 3 is 2.84 bits per heavy atom. The number of methoxy groups -OCH3 is 1. The summed E-state index contributed by atoms with van der Waals surface area (Å²) in [5.74, 6) is 0.714. The molecule has 2 aromatic rings. The van der Waals surface area contributed by atoms with E-state index in [1.165, 1.54) is 11.5 Å². The number of rotatable bonds is 4. The molecule has 1 heterocycles. The SMILES string of the molecule is COc1ccc(Br)cc1Nc1snc(C)c1C(C)=O. The minimum absolute atomic E-state index is 0.00251. The van der Waals surface area contributed by atoms with Crippen LogP contribution >= 0.6 is 27.5 Å². The molecule has 2 rings (SSSR count). The lowest BCUT2D eigenvalue weighted by molar-refractivity contribution is 0.101. The van der Waals surface area contributed by atoms with Crippen molar-refractivity contribution in [2.24, 2.45) is 0 Å². The van der Waals surface area contributed by atoms with Crippen LogP contribution in [0.2, 0.25) is 0 Å². The predicted molar refractivity (Wildman–Crippen MR) is 80.8 cm³/mol. The minimum atomic E-state index is 0.00251. The number of aryl methyl sites for hydroxylation is 1. The van der Waals surface area contributed by atoms with Gasteiger partial charge in [-0.15, -0.1) is 0 Å². The minimum Gasteiger partial charge on any atom is -0.495 e. The first-order valence-corrected chi connectivity index (χ1v) is 7.17. The molecule has 0 aliphatic carbocycles. The molecule has 0 bridgehead atoms. The Morgan fingerprint density at radius 1 is 1.47 bits per heavy atom. The molecule has 4 nitrogen and oxygen atoms in total. The number of hydrogen-bond acceptors (Lipinski definition) is 5. The second-order valence-electron chi connectivity index (χ2n) is 4.00. The van der Waals surface area contributed by atoms with E-state index >= 15 is 0 Å². The number of benzene rings is 1.